The summed E-state index contributed by atoms with van der Waals surface area (Å²) in [5.74, 6) is 1.63. The quantitative estimate of drug-likeness (QED) is 0.607. The van der Waals surface area contributed by atoms with Gasteiger partial charge >= 0.3 is 0 Å². The molecule has 108 valence electrons. The fourth-order valence-corrected chi connectivity index (χ4v) is 4.31. The lowest BCUT2D eigenvalue weighted by atomic mass is 9.48. The highest BCUT2D eigenvalue weighted by molar-refractivity contribution is 5.82. The second-order valence-electron chi connectivity index (χ2n) is 8.55. The van der Waals surface area contributed by atoms with Crippen LogP contribution in [0.2, 0.25) is 0 Å². The Morgan fingerprint density at radius 3 is 2.26 bits per heavy atom. The van der Waals surface area contributed by atoms with Crippen molar-refractivity contribution in [3.05, 3.63) is 11.6 Å². The summed E-state index contributed by atoms with van der Waals surface area (Å²) in [6, 6.07) is 0. The molecule has 0 bridgehead atoms. The van der Waals surface area contributed by atoms with E-state index in [9.17, 15) is 4.79 Å². The summed E-state index contributed by atoms with van der Waals surface area (Å²) in [6.45, 7) is 15.9. The fourth-order valence-electron chi connectivity index (χ4n) is 4.31. The summed E-state index contributed by atoms with van der Waals surface area (Å²) in [5, 5.41) is 0. The minimum Gasteiger partial charge on any atom is -0.299 e. The first-order valence-electron chi connectivity index (χ1n) is 7.72. The zero-order valence-electron chi connectivity index (χ0n) is 13.8. The number of fused-ring (bicyclic) bond motifs is 1. The van der Waals surface area contributed by atoms with Gasteiger partial charge in [0.2, 0.25) is 0 Å². The Labute approximate surface area is 118 Å². The van der Waals surface area contributed by atoms with Gasteiger partial charge in [0.05, 0.1) is 0 Å². The Morgan fingerprint density at radius 1 is 1.16 bits per heavy atom. The summed E-state index contributed by atoms with van der Waals surface area (Å²) in [4.78, 5) is 12.0. The maximum atomic E-state index is 12.0. The van der Waals surface area contributed by atoms with Crippen LogP contribution >= 0.6 is 0 Å². The van der Waals surface area contributed by atoms with Crippen molar-refractivity contribution in [2.24, 2.45) is 28.1 Å². The van der Waals surface area contributed by atoms with Gasteiger partial charge in [-0.05, 0) is 48.9 Å². The summed E-state index contributed by atoms with van der Waals surface area (Å²) in [7, 11) is 0. The van der Waals surface area contributed by atoms with Gasteiger partial charge in [-0.25, -0.2) is 0 Å². The van der Waals surface area contributed by atoms with Crippen LogP contribution in [0.1, 0.15) is 67.7 Å². The molecule has 0 radical (unpaired) electrons. The molecule has 0 heterocycles. The topological polar surface area (TPSA) is 17.1 Å². The lowest BCUT2D eigenvalue weighted by Gasteiger charge is -2.56. The van der Waals surface area contributed by atoms with Crippen LogP contribution in [-0.4, -0.2) is 5.78 Å². The second kappa shape index (κ2) is 4.20. The normalized spacial score (nSPS) is 40.3. The third-order valence-corrected chi connectivity index (χ3v) is 6.42. The molecule has 0 saturated heterocycles. The molecule has 2 rings (SSSR count). The maximum absolute atomic E-state index is 12.0. The standard InChI is InChI=1S/C18H30O/c1-12-10-16(3,4)14-8-9-18(7,13(2)19)11-15(14)17(12,5)6/h8,12,15H,9-11H2,1-7H3. The molecule has 3 atom stereocenters. The van der Waals surface area contributed by atoms with Crippen molar-refractivity contribution in [1.29, 1.82) is 0 Å². The molecular weight excluding hydrogens is 232 g/mol. The molecule has 0 amide bonds. The monoisotopic (exact) mass is 262 g/mol. The molecule has 1 fully saturated rings. The van der Waals surface area contributed by atoms with E-state index in [4.69, 9.17) is 0 Å². The van der Waals surface area contributed by atoms with Gasteiger partial charge in [0.1, 0.15) is 5.78 Å². The predicted octanol–water partition coefficient (Wildman–Crippen LogP) is 5.01. The molecule has 0 N–H and O–H groups in total. The van der Waals surface area contributed by atoms with Gasteiger partial charge in [-0.2, -0.15) is 0 Å². The van der Waals surface area contributed by atoms with Gasteiger partial charge in [-0.3, -0.25) is 4.79 Å². The van der Waals surface area contributed by atoms with Crippen molar-refractivity contribution in [3.8, 4) is 0 Å². The highest BCUT2D eigenvalue weighted by atomic mass is 16.1. The zero-order chi connectivity index (χ0) is 14.6. The molecule has 2 aliphatic rings. The first-order valence-corrected chi connectivity index (χ1v) is 7.72. The van der Waals surface area contributed by atoms with Crippen LogP contribution < -0.4 is 0 Å². The van der Waals surface area contributed by atoms with E-state index in [-0.39, 0.29) is 5.41 Å². The molecule has 0 aromatic rings. The highest BCUT2D eigenvalue weighted by Gasteiger charge is 2.52. The van der Waals surface area contributed by atoms with Crippen LogP contribution in [0.3, 0.4) is 0 Å². The van der Waals surface area contributed by atoms with Crippen molar-refractivity contribution in [3.63, 3.8) is 0 Å². The molecule has 19 heavy (non-hydrogen) atoms. The zero-order valence-corrected chi connectivity index (χ0v) is 13.8. The van der Waals surface area contributed by atoms with Gasteiger partial charge in [0, 0.05) is 5.41 Å². The first-order chi connectivity index (χ1) is 8.51. The van der Waals surface area contributed by atoms with E-state index in [0.29, 0.717) is 28.4 Å². The molecule has 0 aromatic carbocycles. The predicted molar refractivity (Wildman–Crippen MR) is 80.9 cm³/mol. The molecule has 3 unspecified atom stereocenters. The van der Waals surface area contributed by atoms with Crippen molar-refractivity contribution in [2.45, 2.75) is 67.7 Å². The van der Waals surface area contributed by atoms with Crippen molar-refractivity contribution >= 4 is 5.78 Å². The van der Waals surface area contributed by atoms with Crippen LogP contribution in [0.15, 0.2) is 11.6 Å². The summed E-state index contributed by atoms with van der Waals surface area (Å²) >= 11 is 0. The van der Waals surface area contributed by atoms with Crippen LogP contribution in [0.25, 0.3) is 0 Å². The SMILES string of the molecule is CC(=O)C1(C)CC=C2C(C1)C(C)(C)C(C)CC2(C)C. The molecular formula is C18H30O. The van der Waals surface area contributed by atoms with Crippen LogP contribution in [0.4, 0.5) is 0 Å². The Kier molecular flexibility index (Phi) is 3.27. The molecule has 1 nitrogen and oxygen atoms in total. The highest BCUT2D eigenvalue weighted by Crippen LogP contribution is 2.60. The minimum atomic E-state index is -0.140. The van der Waals surface area contributed by atoms with Crippen molar-refractivity contribution in [1.82, 2.24) is 0 Å². The average Bonchev–Trinajstić information content (AvgIpc) is 2.26. The fraction of sp³-hybridized carbons (Fsp3) is 0.833. The number of hydrogen-bond donors (Lipinski definition) is 0. The smallest absolute Gasteiger partial charge is 0.136 e. The molecule has 1 heteroatoms. The van der Waals surface area contributed by atoms with Crippen LogP contribution in [-0.2, 0) is 4.79 Å². The number of Topliss-reactive ketones (excluding diaryl/α,β-unsaturated/α-hetero) is 1. The molecule has 0 spiro atoms. The summed E-state index contributed by atoms with van der Waals surface area (Å²) in [5.41, 5.74) is 2.09. The maximum Gasteiger partial charge on any atom is 0.136 e. The van der Waals surface area contributed by atoms with Gasteiger partial charge in [-0.15, -0.1) is 0 Å². The van der Waals surface area contributed by atoms with Gasteiger partial charge < -0.3 is 0 Å². The largest absolute Gasteiger partial charge is 0.299 e. The lowest BCUT2D eigenvalue weighted by molar-refractivity contribution is -0.128. The number of carbonyl (C=O) groups is 1. The van der Waals surface area contributed by atoms with E-state index < -0.39 is 0 Å². The number of allylic oxidation sites excluding steroid dienone is 2. The lowest BCUT2D eigenvalue weighted by Crippen LogP contribution is -2.48. The van der Waals surface area contributed by atoms with Gasteiger partial charge in [0.15, 0.2) is 0 Å². The Bertz CT molecular complexity index is 427. The minimum absolute atomic E-state index is 0.140. The van der Waals surface area contributed by atoms with E-state index in [1.54, 1.807) is 12.5 Å². The van der Waals surface area contributed by atoms with Gasteiger partial charge in [0.25, 0.3) is 0 Å². The molecule has 0 aromatic heterocycles. The summed E-state index contributed by atoms with van der Waals surface area (Å²) < 4.78 is 0. The number of carbonyl (C=O) groups excluding carboxylic acids is 1. The molecule has 1 saturated carbocycles. The van der Waals surface area contributed by atoms with E-state index in [2.05, 4.69) is 47.6 Å². The third-order valence-electron chi connectivity index (χ3n) is 6.42. The first kappa shape index (κ1) is 14.8. The number of hydrogen-bond acceptors (Lipinski definition) is 1. The van der Waals surface area contributed by atoms with Crippen LogP contribution in [0, 0.1) is 28.1 Å². The van der Waals surface area contributed by atoms with Crippen LogP contribution in [0.5, 0.6) is 0 Å². The van der Waals surface area contributed by atoms with E-state index in [0.717, 1.165) is 12.8 Å². The van der Waals surface area contributed by atoms with Crippen molar-refractivity contribution in [2.75, 3.05) is 0 Å². The van der Waals surface area contributed by atoms with Crippen molar-refractivity contribution < 1.29 is 4.79 Å². The Balaban J connectivity index is 2.46. The number of rotatable bonds is 1. The average molecular weight is 262 g/mol. The van der Waals surface area contributed by atoms with Gasteiger partial charge in [-0.1, -0.05) is 53.2 Å². The number of ketones is 1. The molecule has 0 aliphatic heterocycles. The summed E-state index contributed by atoms with van der Waals surface area (Å²) in [6.07, 6.45) is 5.64. The van der Waals surface area contributed by atoms with E-state index >= 15 is 0 Å². The Hall–Kier alpha value is -0.590. The van der Waals surface area contributed by atoms with E-state index in [1.165, 1.54) is 6.42 Å². The second-order valence-corrected chi connectivity index (χ2v) is 8.55. The third kappa shape index (κ3) is 2.19. The molecule has 2 aliphatic carbocycles. The van der Waals surface area contributed by atoms with E-state index in [1.807, 2.05) is 0 Å². The Morgan fingerprint density at radius 2 is 1.74 bits per heavy atom.